The van der Waals surface area contributed by atoms with Crippen molar-refractivity contribution in [3.63, 3.8) is 0 Å². The fraction of sp³-hybridized carbons (Fsp3) is 0.417. The molecule has 0 heterocycles. The van der Waals surface area contributed by atoms with Crippen LogP contribution in [0.1, 0.15) is 23.7 Å². The van der Waals surface area contributed by atoms with E-state index in [-0.39, 0.29) is 17.9 Å². The molecule has 1 aromatic carbocycles. The summed E-state index contributed by atoms with van der Waals surface area (Å²) in [4.78, 5) is 11.5. The highest BCUT2D eigenvalue weighted by Gasteiger charge is 2.09. The molecule has 0 aliphatic rings. The summed E-state index contributed by atoms with van der Waals surface area (Å²) in [5.74, 6) is -1.05. The molecule has 0 aliphatic heterocycles. The fourth-order valence-electron chi connectivity index (χ4n) is 1.22. The molecule has 1 aromatic rings. The lowest BCUT2D eigenvalue weighted by molar-refractivity contribution is 0.0452. The third-order valence-corrected chi connectivity index (χ3v) is 2.10. The molecular weight excluding hydrogens is 225 g/mol. The van der Waals surface area contributed by atoms with Crippen LogP contribution in [0.15, 0.2) is 18.2 Å². The molecule has 0 saturated carbocycles. The molecule has 5 heteroatoms. The Bertz CT molecular complexity index is 382. The molecule has 0 unspecified atom stereocenters. The molecule has 2 N–H and O–H groups in total. The van der Waals surface area contributed by atoms with E-state index in [1.165, 1.54) is 12.1 Å². The second-order valence-corrected chi connectivity index (χ2v) is 3.42. The minimum Gasteiger partial charge on any atom is -0.462 e. The summed E-state index contributed by atoms with van der Waals surface area (Å²) >= 11 is 0. The highest BCUT2D eigenvalue weighted by molar-refractivity contribution is 5.90. The number of benzene rings is 1. The highest BCUT2D eigenvalue weighted by Crippen LogP contribution is 2.13. The number of esters is 1. The van der Waals surface area contributed by atoms with Crippen LogP contribution in [0.4, 0.5) is 10.1 Å². The number of nitrogen functional groups attached to an aromatic ring is 1. The SMILES string of the molecule is CCOCCCOC(=O)c1ccc(F)c(N)c1. The number of halogens is 1. The first-order valence-electron chi connectivity index (χ1n) is 5.45. The van der Waals surface area contributed by atoms with Crippen LogP contribution in [0, 0.1) is 5.82 Å². The predicted molar refractivity (Wildman–Crippen MR) is 62.2 cm³/mol. The van der Waals surface area contributed by atoms with Gasteiger partial charge >= 0.3 is 5.97 Å². The Morgan fingerprint density at radius 1 is 1.41 bits per heavy atom. The zero-order chi connectivity index (χ0) is 12.7. The van der Waals surface area contributed by atoms with Crippen molar-refractivity contribution in [3.05, 3.63) is 29.6 Å². The maximum atomic E-state index is 12.9. The molecule has 0 atom stereocenters. The van der Waals surface area contributed by atoms with Gasteiger partial charge in [-0.25, -0.2) is 9.18 Å². The Morgan fingerprint density at radius 3 is 2.82 bits per heavy atom. The number of carbonyl (C=O) groups is 1. The van der Waals surface area contributed by atoms with Crippen LogP contribution in [0.5, 0.6) is 0 Å². The number of ether oxygens (including phenoxy) is 2. The molecule has 0 bridgehead atoms. The average Bonchev–Trinajstić information content (AvgIpc) is 2.32. The van der Waals surface area contributed by atoms with Gasteiger partial charge in [0.25, 0.3) is 0 Å². The van der Waals surface area contributed by atoms with Gasteiger partial charge in [-0.1, -0.05) is 0 Å². The lowest BCUT2D eigenvalue weighted by atomic mass is 10.2. The summed E-state index contributed by atoms with van der Waals surface area (Å²) in [6.45, 7) is 3.36. The number of carbonyl (C=O) groups excluding carboxylic acids is 1. The molecule has 0 spiro atoms. The van der Waals surface area contributed by atoms with Gasteiger partial charge < -0.3 is 15.2 Å². The van der Waals surface area contributed by atoms with E-state index in [4.69, 9.17) is 15.2 Å². The lowest BCUT2D eigenvalue weighted by Gasteiger charge is -2.05. The van der Waals surface area contributed by atoms with Crippen LogP contribution in [-0.2, 0) is 9.47 Å². The first-order chi connectivity index (χ1) is 8.15. The largest absolute Gasteiger partial charge is 0.462 e. The molecule has 1 rings (SSSR count). The minimum absolute atomic E-state index is 0.0613. The normalized spacial score (nSPS) is 10.2. The van der Waals surface area contributed by atoms with Crippen LogP contribution in [0.2, 0.25) is 0 Å². The van der Waals surface area contributed by atoms with Crippen molar-refractivity contribution in [1.82, 2.24) is 0 Å². The van der Waals surface area contributed by atoms with Crippen molar-refractivity contribution in [2.75, 3.05) is 25.6 Å². The monoisotopic (exact) mass is 241 g/mol. The predicted octanol–water partition coefficient (Wildman–Crippen LogP) is 1.99. The van der Waals surface area contributed by atoms with Crippen LogP contribution < -0.4 is 5.73 Å². The van der Waals surface area contributed by atoms with Crippen molar-refractivity contribution >= 4 is 11.7 Å². The molecule has 0 amide bonds. The summed E-state index contributed by atoms with van der Waals surface area (Å²) in [5.41, 5.74) is 5.54. The topological polar surface area (TPSA) is 61.5 Å². The number of hydrogen-bond acceptors (Lipinski definition) is 4. The van der Waals surface area contributed by atoms with Gasteiger partial charge in [-0.2, -0.15) is 0 Å². The molecule has 0 saturated heterocycles. The van der Waals surface area contributed by atoms with E-state index in [0.29, 0.717) is 19.6 Å². The Morgan fingerprint density at radius 2 is 2.18 bits per heavy atom. The fourth-order valence-corrected chi connectivity index (χ4v) is 1.22. The molecule has 94 valence electrons. The standard InChI is InChI=1S/C12H16FNO3/c1-2-16-6-3-7-17-12(15)9-4-5-10(13)11(14)8-9/h4-5,8H,2-3,6-7,14H2,1H3. The van der Waals surface area contributed by atoms with Gasteiger partial charge in [0.1, 0.15) is 5.82 Å². The van der Waals surface area contributed by atoms with Crippen LogP contribution in [0.3, 0.4) is 0 Å². The number of anilines is 1. The van der Waals surface area contributed by atoms with Crippen molar-refractivity contribution < 1.29 is 18.7 Å². The van der Waals surface area contributed by atoms with Crippen molar-refractivity contribution in [2.24, 2.45) is 0 Å². The summed E-state index contributed by atoms with van der Waals surface area (Å²) < 4.78 is 22.9. The third kappa shape index (κ3) is 4.40. The molecule has 0 aromatic heterocycles. The quantitative estimate of drug-likeness (QED) is 0.470. The van der Waals surface area contributed by atoms with E-state index in [9.17, 15) is 9.18 Å². The van der Waals surface area contributed by atoms with Crippen molar-refractivity contribution in [1.29, 1.82) is 0 Å². The Labute approximate surface area is 99.5 Å². The Kier molecular flexibility index (Phi) is 5.42. The second kappa shape index (κ2) is 6.85. The summed E-state index contributed by atoms with van der Waals surface area (Å²) in [7, 11) is 0. The third-order valence-electron chi connectivity index (χ3n) is 2.10. The molecular formula is C12H16FNO3. The van der Waals surface area contributed by atoms with Crippen LogP contribution in [0.25, 0.3) is 0 Å². The lowest BCUT2D eigenvalue weighted by Crippen LogP contribution is -2.09. The average molecular weight is 241 g/mol. The van der Waals surface area contributed by atoms with Gasteiger partial charge in [-0.15, -0.1) is 0 Å². The Hall–Kier alpha value is -1.62. The van der Waals surface area contributed by atoms with Crippen molar-refractivity contribution in [3.8, 4) is 0 Å². The number of rotatable bonds is 6. The highest BCUT2D eigenvalue weighted by atomic mass is 19.1. The van der Waals surface area contributed by atoms with Crippen LogP contribution in [-0.4, -0.2) is 25.8 Å². The van der Waals surface area contributed by atoms with E-state index in [0.717, 1.165) is 6.07 Å². The van der Waals surface area contributed by atoms with E-state index in [1.54, 1.807) is 0 Å². The summed E-state index contributed by atoms with van der Waals surface area (Å²) in [5, 5.41) is 0. The minimum atomic E-state index is -0.544. The van der Waals surface area contributed by atoms with Gasteiger partial charge in [0.2, 0.25) is 0 Å². The molecule has 0 radical (unpaired) electrons. The van der Waals surface area contributed by atoms with Gasteiger partial charge in [0.15, 0.2) is 0 Å². The van der Waals surface area contributed by atoms with Gasteiger partial charge in [-0.3, -0.25) is 0 Å². The maximum Gasteiger partial charge on any atom is 0.338 e. The Balaban J connectivity index is 2.39. The van der Waals surface area contributed by atoms with E-state index < -0.39 is 11.8 Å². The summed E-state index contributed by atoms with van der Waals surface area (Å²) in [6, 6.07) is 3.75. The summed E-state index contributed by atoms with van der Waals surface area (Å²) in [6.07, 6.45) is 0.635. The molecule has 0 fully saturated rings. The molecule has 17 heavy (non-hydrogen) atoms. The van der Waals surface area contributed by atoms with Gasteiger partial charge in [0, 0.05) is 19.6 Å². The maximum absolute atomic E-state index is 12.9. The number of nitrogens with two attached hydrogens (primary N) is 1. The van der Waals surface area contributed by atoms with Crippen LogP contribution >= 0.6 is 0 Å². The van der Waals surface area contributed by atoms with E-state index >= 15 is 0 Å². The zero-order valence-electron chi connectivity index (χ0n) is 9.74. The zero-order valence-corrected chi connectivity index (χ0v) is 9.74. The first kappa shape index (κ1) is 13.4. The van der Waals surface area contributed by atoms with Gasteiger partial charge in [-0.05, 0) is 25.1 Å². The van der Waals surface area contributed by atoms with Crippen molar-refractivity contribution in [2.45, 2.75) is 13.3 Å². The second-order valence-electron chi connectivity index (χ2n) is 3.42. The molecule has 0 aliphatic carbocycles. The first-order valence-corrected chi connectivity index (χ1v) is 5.45. The molecule has 4 nitrogen and oxygen atoms in total. The van der Waals surface area contributed by atoms with Gasteiger partial charge in [0.05, 0.1) is 17.9 Å². The van der Waals surface area contributed by atoms with E-state index in [2.05, 4.69) is 0 Å². The smallest absolute Gasteiger partial charge is 0.338 e. The van der Waals surface area contributed by atoms with E-state index in [1.807, 2.05) is 6.92 Å². The number of hydrogen-bond donors (Lipinski definition) is 1.